The second-order valence-electron chi connectivity index (χ2n) is 7.72. The summed E-state index contributed by atoms with van der Waals surface area (Å²) in [6, 6.07) is 17.1. The van der Waals surface area contributed by atoms with Gasteiger partial charge in [0.25, 0.3) is 11.8 Å². The predicted molar refractivity (Wildman–Crippen MR) is 110 cm³/mol. The summed E-state index contributed by atoms with van der Waals surface area (Å²) in [5.41, 5.74) is 2.10. The molecule has 0 aromatic heterocycles. The fraction of sp³-hybridized carbons (Fsp3) is 0.348. The summed E-state index contributed by atoms with van der Waals surface area (Å²) in [5.74, 6) is -0.858. The van der Waals surface area contributed by atoms with Gasteiger partial charge in [0.1, 0.15) is 25.7 Å². The normalized spacial score (nSPS) is 20.9. The van der Waals surface area contributed by atoms with Gasteiger partial charge in [0.2, 0.25) is 5.91 Å². The van der Waals surface area contributed by atoms with E-state index < -0.39 is 0 Å². The molecule has 0 aliphatic carbocycles. The minimum absolute atomic E-state index is 0.0410. The number of hydrogen-bond donors (Lipinski definition) is 2. The number of rotatable bonds is 7. The van der Waals surface area contributed by atoms with Gasteiger partial charge in [-0.2, -0.15) is 0 Å². The number of fused-ring (bicyclic) bond motifs is 1. The Hall–Kier alpha value is -3.03. The van der Waals surface area contributed by atoms with Gasteiger partial charge >= 0.3 is 0 Å². The third-order valence-corrected chi connectivity index (χ3v) is 5.59. The molecule has 156 valence electrons. The summed E-state index contributed by atoms with van der Waals surface area (Å²) in [6.45, 7) is 3.88. The first-order valence-corrected chi connectivity index (χ1v) is 10.3. The van der Waals surface area contributed by atoms with E-state index in [1.165, 1.54) is 10.5 Å². The van der Waals surface area contributed by atoms with Gasteiger partial charge in [0, 0.05) is 25.1 Å². The molecule has 7 heteroatoms. The van der Waals surface area contributed by atoms with Crippen LogP contribution in [0.4, 0.5) is 0 Å². The van der Waals surface area contributed by atoms with Crippen molar-refractivity contribution in [1.82, 2.24) is 10.2 Å². The molecule has 0 radical (unpaired) electrons. The SMILES string of the molecule is O=C(CCN1C(=O)c2ccccc2C1=O)NC[C@H]1C[NH+](Cc2ccccc2)CCO1. The highest BCUT2D eigenvalue weighted by atomic mass is 16.5. The molecule has 0 spiro atoms. The Bertz CT molecular complexity index is 896. The number of nitrogens with one attached hydrogen (secondary N) is 2. The lowest BCUT2D eigenvalue weighted by atomic mass is 10.1. The summed E-state index contributed by atoms with van der Waals surface area (Å²) in [4.78, 5) is 39.6. The molecule has 2 N–H and O–H groups in total. The molecule has 0 saturated carbocycles. The number of morpholine rings is 1. The van der Waals surface area contributed by atoms with Crippen molar-refractivity contribution in [3.63, 3.8) is 0 Å². The van der Waals surface area contributed by atoms with E-state index in [2.05, 4.69) is 17.4 Å². The molecular formula is C23H26N3O4+. The van der Waals surface area contributed by atoms with Crippen molar-refractivity contribution in [2.45, 2.75) is 19.1 Å². The highest BCUT2D eigenvalue weighted by Gasteiger charge is 2.35. The quantitative estimate of drug-likeness (QED) is 0.645. The molecule has 1 fully saturated rings. The van der Waals surface area contributed by atoms with E-state index in [4.69, 9.17) is 4.74 Å². The lowest BCUT2D eigenvalue weighted by Crippen LogP contribution is -3.13. The highest BCUT2D eigenvalue weighted by Crippen LogP contribution is 2.22. The molecule has 4 rings (SSSR count). The number of ether oxygens (including phenoxy) is 1. The van der Waals surface area contributed by atoms with Gasteiger partial charge in [0.05, 0.1) is 17.7 Å². The number of quaternary nitrogens is 1. The fourth-order valence-corrected chi connectivity index (χ4v) is 4.00. The lowest BCUT2D eigenvalue weighted by Gasteiger charge is -2.30. The maximum atomic E-state index is 12.4. The van der Waals surface area contributed by atoms with Crippen molar-refractivity contribution >= 4 is 17.7 Å². The minimum atomic E-state index is -0.334. The molecular weight excluding hydrogens is 382 g/mol. The number of carbonyl (C=O) groups excluding carboxylic acids is 3. The van der Waals surface area contributed by atoms with E-state index in [0.717, 1.165) is 24.5 Å². The monoisotopic (exact) mass is 408 g/mol. The molecule has 2 aliphatic heterocycles. The van der Waals surface area contributed by atoms with Crippen LogP contribution in [0, 0.1) is 0 Å². The van der Waals surface area contributed by atoms with E-state index in [1.807, 2.05) is 18.2 Å². The standard InChI is InChI=1S/C23H25N3O4/c27-21(10-11-26-22(28)19-8-4-5-9-20(19)23(26)29)24-14-18-16-25(12-13-30-18)15-17-6-2-1-3-7-17/h1-9,18H,10-16H2,(H,24,27)/p+1/t18-/m0/s1. The van der Waals surface area contributed by atoms with Crippen molar-refractivity contribution in [2.75, 3.05) is 32.8 Å². The van der Waals surface area contributed by atoms with Crippen LogP contribution in [-0.2, 0) is 16.1 Å². The molecule has 2 atom stereocenters. The number of hydrogen-bond acceptors (Lipinski definition) is 4. The van der Waals surface area contributed by atoms with E-state index in [1.54, 1.807) is 24.3 Å². The summed E-state index contributed by atoms with van der Waals surface area (Å²) >= 11 is 0. The highest BCUT2D eigenvalue weighted by molar-refractivity contribution is 6.21. The second kappa shape index (κ2) is 9.19. The Balaban J connectivity index is 1.21. The third-order valence-electron chi connectivity index (χ3n) is 5.59. The first-order chi connectivity index (χ1) is 14.6. The van der Waals surface area contributed by atoms with Crippen molar-refractivity contribution in [1.29, 1.82) is 0 Å². The van der Waals surface area contributed by atoms with Crippen LogP contribution in [0.5, 0.6) is 0 Å². The van der Waals surface area contributed by atoms with Gasteiger partial charge in [-0.25, -0.2) is 0 Å². The van der Waals surface area contributed by atoms with Gasteiger partial charge in [-0.3, -0.25) is 19.3 Å². The van der Waals surface area contributed by atoms with Gasteiger partial charge < -0.3 is 15.0 Å². The van der Waals surface area contributed by atoms with Crippen LogP contribution in [0.25, 0.3) is 0 Å². The smallest absolute Gasteiger partial charge is 0.261 e. The summed E-state index contributed by atoms with van der Waals surface area (Å²) < 4.78 is 5.80. The van der Waals surface area contributed by atoms with Crippen molar-refractivity contribution < 1.29 is 24.0 Å². The Morgan fingerprint density at radius 2 is 1.70 bits per heavy atom. The molecule has 0 bridgehead atoms. The average molecular weight is 408 g/mol. The molecule has 1 unspecified atom stereocenters. The van der Waals surface area contributed by atoms with Gasteiger partial charge in [0.15, 0.2) is 0 Å². The Morgan fingerprint density at radius 3 is 2.40 bits per heavy atom. The van der Waals surface area contributed by atoms with Crippen LogP contribution in [0.2, 0.25) is 0 Å². The van der Waals surface area contributed by atoms with Crippen LogP contribution in [0.3, 0.4) is 0 Å². The van der Waals surface area contributed by atoms with E-state index >= 15 is 0 Å². The van der Waals surface area contributed by atoms with E-state index in [9.17, 15) is 14.4 Å². The van der Waals surface area contributed by atoms with Crippen LogP contribution < -0.4 is 10.2 Å². The molecule has 2 aliphatic rings. The van der Waals surface area contributed by atoms with Crippen LogP contribution in [-0.4, -0.2) is 61.5 Å². The average Bonchev–Trinajstić information content (AvgIpc) is 3.02. The number of nitrogens with zero attached hydrogens (tertiary/aromatic N) is 1. The predicted octanol–water partition coefficient (Wildman–Crippen LogP) is 0.273. The number of carbonyl (C=O) groups is 3. The van der Waals surface area contributed by atoms with Crippen molar-refractivity contribution in [3.8, 4) is 0 Å². The summed E-state index contributed by atoms with van der Waals surface area (Å²) in [6.07, 6.45) is 0.0411. The zero-order chi connectivity index (χ0) is 20.9. The molecule has 2 heterocycles. The molecule has 3 amide bonds. The molecule has 2 aromatic rings. The van der Waals surface area contributed by atoms with Crippen molar-refractivity contribution in [3.05, 3.63) is 71.3 Å². The van der Waals surface area contributed by atoms with Gasteiger partial charge in [-0.1, -0.05) is 42.5 Å². The summed E-state index contributed by atoms with van der Waals surface area (Å²) in [7, 11) is 0. The number of imide groups is 1. The van der Waals surface area contributed by atoms with Crippen LogP contribution in [0.15, 0.2) is 54.6 Å². The Kier molecular flexibility index (Phi) is 6.21. The molecule has 30 heavy (non-hydrogen) atoms. The van der Waals surface area contributed by atoms with Gasteiger partial charge in [-0.05, 0) is 12.1 Å². The molecule has 2 aromatic carbocycles. The molecule has 1 saturated heterocycles. The first-order valence-electron chi connectivity index (χ1n) is 10.3. The Morgan fingerprint density at radius 1 is 1.03 bits per heavy atom. The second-order valence-corrected chi connectivity index (χ2v) is 7.72. The maximum absolute atomic E-state index is 12.4. The Labute approximate surface area is 175 Å². The van der Waals surface area contributed by atoms with Crippen LogP contribution in [0.1, 0.15) is 32.7 Å². The van der Waals surface area contributed by atoms with E-state index in [0.29, 0.717) is 24.3 Å². The van der Waals surface area contributed by atoms with Crippen molar-refractivity contribution in [2.24, 2.45) is 0 Å². The van der Waals surface area contributed by atoms with E-state index in [-0.39, 0.29) is 36.8 Å². The third kappa shape index (κ3) is 4.58. The fourth-order valence-electron chi connectivity index (χ4n) is 4.00. The first kappa shape index (κ1) is 20.3. The summed E-state index contributed by atoms with van der Waals surface area (Å²) in [5, 5.41) is 2.89. The topological polar surface area (TPSA) is 80.2 Å². The number of benzene rings is 2. The van der Waals surface area contributed by atoms with Crippen LogP contribution >= 0.6 is 0 Å². The zero-order valence-corrected chi connectivity index (χ0v) is 16.8. The lowest BCUT2D eigenvalue weighted by molar-refractivity contribution is -0.925. The largest absolute Gasteiger partial charge is 0.365 e. The molecule has 7 nitrogen and oxygen atoms in total. The zero-order valence-electron chi connectivity index (χ0n) is 16.8. The minimum Gasteiger partial charge on any atom is -0.365 e. The maximum Gasteiger partial charge on any atom is 0.261 e. The number of amides is 3. The van der Waals surface area contributed by atoms with Gasteiger partial charge in [-0.15, -0.1) is 0 Å².